The smallest absolute Gasteiger partial charge is 0.253 e. The molecule has 0 aromatic rings. The standard InChI is InChI=1S/C16H25NO6/c1-16(2,3)13(18)12-23-11-10-22-9-8-21-7-6-17-14(19)4-5-15(17)20/h4-5H,6-12H2,1-3H3. The molecule has 0 bridgehead atoms. The number of amides is 2. The molecule has 0 N–H and O–H groups in total. The quantitative estimate of drug-likeness (QED) is 0.408. The van der Waals surface area contributed by atoms with Crippen LogP contribution in [0.2, 0.25) is 0 Å². The molecule has 0 aromatic carbocycles. The first-order valence-electron chi connectivity index (χ1n) is 7.62. The summed E-state index contributed by atoms with van der Waals surface area (Å²) in [6, 6.07) is 0. The largest absolute Gasteiger partial charge is 0.377 e. The maximum Gasteiger partial charge on any atom is 0.253 e. The Kier molecular flexibility index (Phi) is 8.08. The third-order valence-electron chi connectivity index (χ3n) is 3.17. The van der Waals surface area contributed by atoms with Gasteiger partial charge >= 0.3 is 0 Å². The Morgan fingerprint density at radius 1 is 0.913 bits per heavy atom. The minimum atomic E-state index is -0.387. The van der Waals surface area contributed by atoms with Gasteiger partial charge < -0.3 is 14.2 Å². The van der Waals surface area contributed by atoms with Crippen LogP contribution in [0.5, 0.6) is 0 Å². The number of imide groups is 1. The third-order valence-corrected chi connectivity index (χ3v) is 3.17. The molecule has 0 saturated heterocycles. The van der Waals surface area contributed by atoms with Crippen LogP contribution in [0.4, 0.5) is 0 Å². The first kappa shape index (κ1) is 19.5. The van der Waals surface area contributed by atoms with Crippen LogP contribution < -0.4 is 0 Å². The van der Waals surface area contributed by atoms with Gasteiger partial charge in [-0.1, -0.05) is 20.8 Å². The molecule has 0 unspecified atom stereocenters. The Morgan fingerprint density at radius 2 is 1.39 bits per heavy atom. The average Bonchev–Trinajstić information content (AvgIpc) is 2.79. The van der Waals surface area contributed by atoms with Crippen molar-refractivity contribution in [2.45, 2.75) is 20.8 Å². The molecule has 2 amide bonds. The number of hydrogen-bond acceptors (Lipinski definition) is 6. The van der Waals surface area contributed by atoms with Gasteiger partial charge in [-0.3, -0.25) is 19.3 Å². The second-order valence-electron chi connectivity index (χ2n) is 6.11. The van der Waals surface area contributed by atoms with E-state index in [0.717, 1.165) is 4.90 Å². The molecule has 1 aliphatic heterocycles. The Morgan fingerprint density at radius 3 is 1.91 bits per heavy atom. The zero-order chi connectivity index (χ0) is 17.3. The number of carbonyl (C=O) groups excluding carboxylic acids is 3. The minimum absolute atomic E-state index is 0.0568. The van der Waals surface area contributed by atoms with Gasteiger partial charge in [0.25, 0.3) is 11.8 Å². The molecule has 0 saturated carbocycles. The van der Waals surface area contributed by atoms with Crippen LogP contribution in [0.15, 0.2) is 12.2 Å². The van der Waals surface area contributed by atoms with Crippen molar-refractivity contribution in [3.8, 4) is 0 Å². The highest BCUT2D eigenvalue weighted by Gasteiger charge is 2.22. The SMILES string of the molecule is CC(C)(C)C(=O)COCCOCCOCCN1C(=O)C=CC1=O. The first-order chi connectivity index (χ1) is 10.8. The van der Waals surface area contributed by atoms with E-state index >= 15 is 0 Å². The fraction of sp³-hybridized carbons (Fsp3) is 0.688. The van der Waals surface area contributed by atoms with Crippen molar-refractivity contribution < 1.29 is 28.6 Å². The third kappa shape index (κ3) is 7.49. The molecule has 1 heterocycles. The van der Waals surface area contributed by atoms with Gasteiger partial charge in [-0.15, -0.1) is 0 Å². The number of rotatable bonds is 11. The summed E-state index contributed by atoms with van der Waals surface area (Å²) < 4.78 is 15.8. The highest BCUT2D eigenvalue weighted by atomic mass is 16.5. The van der Waals surface area contributed by atoms with Crippen LogP contribution in [-0.2, 0) is 28.6 Å². The van der Waals surface area contributed by atoms with Crippen molar-refractivity contribution in [3.05, 3.63) is 12.2 Å². The lowest BCUT2D eigenvalue weighted by molar-refractivity contribution is -0.137. The summed E-state index contributed by atoms with van der Waals surface area (Å²) in [5.74, 6) is -0.560. The van der Waals surface area contributed by atoms with Crippen molar-refractivity contribution in [1.82, 2.24) is 4.90 Å². The predicted molar refractivity (Wildman–Crippen MR) is 82.8 cm³/mol. The van der Waals surface area contributed by atoms with E-state index in [2.05, 4.69) is 0 Å². The van der Waals surface area contributed by atoms with E-state index in [0.29, 0.717) is 26.4 Å². The van der Waals surface area contributed by atoms with Gasteiger partial charge in [-0.2, -0.15) is 0 Å². The summed E-state index contributed by atoms with van der Waals surface area (Å²) in [4.78, 5) is 35.2. The fourth-order valence-corrected chi connectivity index (χ4v) is 1.63. The number of hydrogen-bond donors (Lipinski definition) is 0. The summed E-state index contributed by atoms with van der Waals surface area (Å²) in [5, 5.41) is 0. The fourth-order valence-electron chi connectivity index (χ4n) is 1.63. The number of carbonyl (C=O) groups is 3. The minimum Gasteiger partial charge on any atom is -0.377 e. The Balaban J connectivity index is 1.90. The van der Waals surface area contributed by atoms with Gasteiger partial charge in [0.1, 0.15) is 6.61 Å². The Bertz CT molecular complexity index is 434. The van der Waals surface area contributed by atoms with Gasteiger partial charge in [0, 0.05) is 17.6 Å². The zero-order valence-electron chi connectivity index (χ0n) is 14.0. The lowest BCUT2D eigenvalue weighted by Gasteiger charge is -2.16. The van der Waals surface area contributed by atoms with Gasteiger partial charge in [-0.05, 0) is 0 Å². The number of nitrogens with zero attached hydrogens (tertiary/aromatic N) is 1. The Labute approximate surface area is 136 Å². The van der Waals surface area contributed by atoms with E-state index in [4.69, 9.17) is 14.2 Å². The summed E-state index contributed by atoms with van der Waals surface area (Å²) >= 11 is 0. The van der Waals surface area contributed by atoms with Crippen molar-refractivity contribution in [1.29, 1.82) is 0 Å². The highest BCUT2D eigenvalue weighted by Crippen LogP contribution is 2.14. The molecule has 23 heavy (non-hydrogen) atoms. The van der Waals surface area contributed by atoms with E-state index in [1.807, 2.05) is 20.8 Å². The van der Waals surface area contributed by atoms with Crippen LogP contribution in [0.3, 0.4) is 0 Å². The van der Waals surface area contributed by atoms with Crippen molar-refractivity contribution >= 4 is 17.6 Å². The number of ether oxygens (including phenoxy) is 3. The highest BCUT2D eigenvalue weighted by molar-refractivity contribution is 6.12. The molecule has 0 spiro atoms. The van der Waals surface area contributed by atoms with Crippen molar-refractivity contribution in [3.63, 3.8) is 0 Å². The van der Waals surface area contributed by atoms with Crippen molar-refractivity contribution in [2.75, 3.05) is 46.2 Å². The van der Waals surface area contributed by atoms with Gasteiger partial charge in [0.15, 0.2) is 5.78 Å². The molecule has 1 rings (SSSR count). The van der Waals surface area contributed by atoms with Gasteiger partial charge in [0.2, 0.25) is 0 Å². The van der Waals surface area contributed by atoms with E-state index in [-0.39, 0.29) is 42.8 Å². The summed E-state index contributed by atoms with van der Waals surface area (Å²) in [6.07, 6.45) is 2.49. The van der Waals surface area contributed by atoms with Crippen LogP contribution in [0.25, 0.3) is 0 Å². The van der Waals surface area contributed by atoms with E-state index in [9.17, 15) is 14.4 Å². The van der Waals surface area contributed by atoms with Gasteiger partial charge in [0.05, 0.1) is 39.6 Å². The van der Waals surface area contributed by atoms with Crippen LogP contribution in [-0.4, -0.2) is 68.7 Å². The van der Waals surface area contributed by atoms with E-state index in [1.165, 1.54) is 12.2 Å². The zero-order valence-corrected chi connectivity index (χ0v) is 14.0. The average molecular weight is 327 g/mol. The summed E-state index contributed by atoms with van der Waals surface area (Å²) in [7, 11) is 0. The normalized spacial score (nSPS) is 14.8. The second kappa shape index (κ2) is 9.54. The number of Topliss-reactive ketones (excluding diaryl/α,β-unsaturated/α-hetero) is 1. The van der Waals surface area contributed by atoms with Crippen molar-refractivity contribution in [2.24, 2.45) is 5.41 Å². The molecule has 7 heteroatoms. The van der Waals surface area contributed by atoms with E-state index in [1.54, 1.807) is 0 Å². The molecule has 0 radical (unpaired) electrons. The molecule has 0 atom stereocenters. The van der Waals surface area contributed by atoms with E-state index < -0.39 is 0 Å². The molecule has 1 aliphatic rings. The molecular weight excluding hydrogens is 302 g/mol. The topological polar surface area (TPSA) is 82.1 Å². The number of ketones is 1. The molecular formula is C16H25NO6. The molecule has 7 nitrogen and oxygen atoms in total. The molecule has 0 fully saturated rings. The maximum absolute atomic E-state index is 11.6. The Hall–Kier alpha value is -1.57. The van der Waals surface area contributed by atoms with Crippen LogP contribution >= 0.6 is 0 Å². The summed E-state index contributed by atoms with van der Waals surface area (Å²) in [6.45, 7) is 7.65. The monoisotopic (exact) mass is 327 g/mol. The molecule has 0 aliphatic carbocycles. The first-order valence-corrected chi connectivity index (χ1v) is 7.62. The van der Waals surface area contributed by atoms with Crippen LogP contribution in [0, 0.1) is 5.41 Å². The lowest BCUT2D eigenvalue weighted by Crippen LogP contribution is -2.33. The molecule has 130 valence electrons. The maximum atomic E-state index is 11.6. The lowest BCUT2D eigenvalue weighted by atomic mass is 9.91. The predicted octanol–water partition coefficient (Wildman–Crippen LogP) is 0.576. The summed E-state index contributed by atoms with van der Waals surface area (Å²) in [5.41, 5.74) is -0.387. The molecule has 0 aromatic heterocycles. The van der Waals surface area contributed by atoms with Gasteiger partial charge in [-0.25, -0.2) is 0 Å². The second-order valence-corrected chi connectivity index (χ2v) is 6.11. The van der Waals surface area contributed by atoms with Crippen LogP contribution in [0.1, 0.15) is 20.8 Å².